The van der Waals surface area contributed by atoms with Gasteiger partial charge in [-0.3, -0.25) is 0 Å². The Balaban J connectivity index is 1.20. The normalized spacial score (nSPS) is 10.9. The summed E-state index contributed by atoms with van der Waals surface area (Å²) in [5, 5.41) is 17.4. The molecule has 0 unspecified atom stereocenters. The number of aromatic nitrogens is 4. The molecule has 0 aliphatic carbocycles. The maximum Gasteiger partial charge on any atom is 0.214 e. The molecular formula is C23H21Cl2N5OS. The molecule has 1 heterocycles. The summed E-state index contributed by atoms with van der Waals surface area (Å²) >= 11 is 14.0. The van der Waals surface area contributed by atoms with Gasteiger partial charge < -0.3 is 10.1 Å². The minimum atomic E-state index is 0.329. The van der Waals surface area contributed by atoms with Crippen LogP contribution in [0.5, 0.6) is 5.75 Å². The fraction of sp³-hybridized carbons (Fsp3) is 0.174. The second-order valence-electron chi connectivity index (χ2n) is 6.87. The molecule has 1 aromatic heterocycles. The lowest BCUT2D eigenvalue weighted by atomic mass is 10.2. The molecule has 0 saturated carbocycles. The Morgan fingerprint density at radius 3 is 2.41 bits per heavy atom. The van der Waals surface area contributed by atoms with Crippen molar-refractivity contribution >= 4 is 35.0 Å². The van der Waals surface area contributed by atoms with Gasteiger partial charge in [0.2, 0.25) is 5.16 Å². The molecule has 0 aliphatic rings. The van der Waals surface area contributed by atoms with Crippen molar-refractivity contribution in [1.82, 2.24) is 25.5 Å². The van der Waals surface area contributed by atoms with Crippen molar-refractivity contribution in [1.29, 1.82) is 0 Å². The third-order valence-electron chi connectivity index (χ3n) is 4.65. The molecule has 6 nitrogen and oxygen atoms in total. The van der Waals surface area contributed by atoms with Gasteiger partial charge in [0.05, 0.1) is 5.69 Å². The molecule has 0 fully saturated rings. The Morgan fingerprint density at radius 1 is 0.906 bits per heavy atom. The van der Waals surface area contributed by atoms with E-state index in [9.17, 15) is 0 Å². The van der Waals surface area contributed by atoms with Crippen molar-refractivity contribution in [3.63, 3.8) is 0 Å². The van der Waals surface area contributed by atoms with Crippen molar-refractivity contribution in [2.24, 2.45) is 0 Å². The molecule has 0 amide bonds. The number of para-hydroxylation sites is 1. The number of ether oxygens (including phenoxy) is 1. The minimum Gasteiger partial charge on any atom is -0.489 e. The summed E-state index contributed by atoms with van der Waals surface area (Å²) in [7, 11) is 0. The van der Waals surface area contributed by atoms with E-state index in [4.69, 9.17) is 27.9 Å². The maximum absolute atomic E-state index is 6.19. The lowest BCUT2D eigenvalue weighted by molar-refractivity contribution is 0.306. The summed E-state index contributed by atoms with van der Waals surface area (Å²) in [6, 6.07) is 23.3. The third-order valence-corrected chi connectivity index (χ3v) is 6.28. The summed E-state index contributed by atoms with van der Waals surface area (Å²) in [6.07, 6.45) is 0. The number of nitrogens with zero attached hydrogens (tertiary/aromatic N) is 4. The van der Waals surface area contributed by atoms with E-state index >= 15 is 0 Å². The Hall–Kier alpha value is -2.58. The molecular weight excluding hydrogens is 465 g/mol. The van der Waals surface area contributed by atoms with E-state index in [1.54, 1.807) is 28.6 Å². The predicted molar refractivity (Wildman–Crippen MR) is 129 cm³/mol. The molecule has 4 aromatic rings. The number of halogens is 2. The van der Waals surface area contributed by atoms with Gasteiger partial charge in [0.25, 0.3) is 0 Å². The molecule has 3 aromatic carbocycles. The Kier molecular flexibility index (Phi) is 8.01. The first-order chi connectivity index (χ1) is 15.7. The molecule has 0 bridgehead atoms. The molecule has 0 saturated heterocycles. The van der Waals surface area contributed by atoms with Crippen molar-refractivity contribution < 1.29 is 4.74 Å². The molecule has 0 atom stereocenters. The molecule has 0 aliphatic heterocycles. The van der Waals surface area contributed by atoms with Crippen LogP contribution in [-0.2, 0) is 13.2 Å². The van der Waals surface area contributed by atoms with Gasteiger partial charge >= 0.3 is 0 Å². The molecule has 0 spiro atoms. The van der Waals surface area contributed by atoms with Crippen LogP contribution >= 0.6 is 35.0 Å². The fourth-order valence-corrected chi connectivity index (χ4v) is 4.27. The lowest BCUT2D eigenvalue weighted by Gasteiger charge is -2.10. The van der Waals surface area contributed by atoms with Crippen LogP contribution in [0.25, 0.3) is 5.69 Å². The van der Waals surface area contributed by atoms with Crippen LogP contribution in [0.3, 0.4) is 0 Å². The predicted octanol–water partition coefficient (Wildman–Crippen LogP) is 5.43. The highest BCUT2D eigenvalue weighted by atomic mass is 35.5. The summed E-state index contributed by atoms with van der Waals surface area (Å²) in [5.74, 6) is 1.63. The van der Waals surface area contributed by atoms with Gasteiger partial charge in [0.1, 0.15) is 12.4 Å². The van der Waals surface area contributed by atoms with Gasteiger partial charge in [-0.05, 0) is 52.4 Å². The average molecular weight is 486 g/mol. The number of hydrogen-bond donors (Lipinski definition) is 1. The minimum absolute atomic E-state index is 0.329. The average Bonchev–Trinajstić information content (AvgIpc) is 3.29. The SMILES string of the molecule is Clc1cccc(Cl)c1COc1ccc(CNCCSc2nnnn2-c2ccccc2)cc1. The first-order valence-corrected chi connectivity index (χ1v) is 11.8. The number of thioether (sulfide) groups is 1. The topological polar surface area (TPSA) is 64.9 Å². The summed E-state index contributed by atoms with van der Waals surface area (Å²) in [6.45, 7) is 1.92. The second kappa shape index (κ2) is 11.3. The van der Waals surface area contributed by atoms with Crippen LogP contribution in [0.15, 0.2) is 78.0 Å². The summed E-state index contributed by atoms with van der Waals surface area (Å²) < 4.78 is 7.58. The van der Waals surface area contributed by atoms with E-state index in [1.165, 1.54) is 5.56 Å². The van der Waals surface area contributed by atoms with Crippen LogP contribution in [0.1, 0.15) is 11.1 Å². The Labute approximate surface area is 200 Å². The van der Waals surface area contributed by atoms with Crippen molar-refractivity contribution in [2.45, 2.75) is 18.3 Å². The largest absolute Gasteiger partial charge is 0.489 e. The molecule has 32 heavy (non-hydrogen) atoms. The zero-order chi connectivity index (χ0) is 22.2. The zero-order valence-electron chi connectivity index (χ0n) is 17.1. The van der Waals surface area contributed by atoms with Crippen LogP contribution in [0.2, 0.25) is 10.0 Å². The van der Waals surface area contributed by atoms with Crippen LogP contribution in [0, 0.1) is 0 Å². The van der Waals surface area contributed by atoms with Gasteiger partial charge in [0, 0.05) is 34.5 Å². The zero-order valence-corrected chi connectivity index (χ0v) is 19.4. The number of nitrogens with one attached hydrogen (secondary N) is 1. The van der Waals surface area contributed by atoms with E-state index in [0.717, 1.165) is 41.0 Å². The number of benzene rings is 3. The van der Waals surface area contributed by atoms with Crippen molar-refractivity contribution in [3.8, 4) is 11.4 Å². The van der Waals surface area contributed by atoms with Gasteiger partial charge in [-0.25, -0.2) is 0 Å². The number of tetrazole rings is 1. The Bertz CT molecular complexity index is 1120. The van der Waals surface area contributed by atoms with E-state index in [1.807, 2.05) is 60.7 Å². The highest BCUT2D eigenvalue weighted by molar-refractivity contribution is 7.99. The van der Waals surface area contributed by atoms with Crippen LogP contribution in [0.4, 0.5) is 0 Å². The summed E-state index contributed by atoms with van der Waals surface area (Å²) in [5.41, 5.74) is 2.91. The van der Waals surface area contributed by atoms with E-state index in [0.29, 0.717) is 16.7 Å². The van der Waals surface area contributed by atoms with Crippen molar-refractivity contribution in [3.05, 3.63) is 94.0 Å². The highest BCUT2D eigenvalue weighted by Crippen LogP contribution is 2.26. The molecule has 1 N–H and O–H groups in total. The van der Waals surface area contributed by atoms with E-state index in [2.05, 4.69) is 20.8 Å². The van der Waals surface area contributed by atoms with Gasteiger partial charge in [-0.15, -0.1) is 5.10 Å². The lowest BCUT2D eigenvalue weighted by Crippen LogP contribution is -2.16. The van der Waals surface area contributed by atoms with E-state index < -0.39 is 0 Å². The van der Waals surface area contributed by atoms with Crippen molar-refractivity contribution in [2.75, 3.05) is 12.3 Å². The quantitative estimate of drug-likeness (QED) is 0.238. The smallest absolute Gasteiger partial charge is 0.214 e. The maximum atomic E-state index is 6.19. The van der Waals surface area contributed by atoms with Crippen LogP contribution in [-0.4, -0.2) is 32.5 Å². The Morgan fingerprint density at radius 2 is 1.66 bits per heavy atom. The first-order valence-electron chi connectivity index (χ1n) is 10.0. The van der Waals surface area contributed by atoms with Gasteiger partial charge in [0.15, 0.2) is 0 Å². The molecule has 9 heteroatoms. The van der Waals surface area contributed by atoms with Gasteiger partial charge in [-0.2, -0.15) is 4.68 Å². The fourth-order valence-electron chi connectivity index (χ4n) is 2.98. The number of hydrogen-bond acceptors (Lipinski definition) is 6. The summed E-state index contributed by atoms with van der Waals surface area (Å²) in [4.78, 5) is 0. The standard InChI is InChI=1S/C23H21Cl2N5OS/c24-21-7-4-8-22(25)20(21)16-31-19-11-9-17(10-12-19)15-26-13-14-32-23-27-28-29-30(23)18-5-2-1-3-6-18/h1-12,26H,13-16H2. The van der Waals surface area contributed by atoms with E-state index in [-0.39, 0.29) is 0 Å². The third kappa shape index (κ3) is 6.01. The molecule has 164 valence electrons. The van der Waals surface area contributed by atoms with Crippen LogP contribution < -0.4 is 10.1 Å². The highest BCUT2D eigenvalue weighted by Gasteiger charge is 2.08. The monoisotopic (exact) mass is 485 g/mol. The number of rotatable bonds is 10. The van der Waals surface area contributed by atoms with Gasteiger partial charge in [-0.1, -0.05) is 71.4 Å². The molecule has 0 radical (unpaired) electrons. The molecule has 4 rings (SSSR count). The first kappa shape index (κ1) is 22.6. The second-order valence-corrected chi connectivity index (χ2v) is 8.74.